The predicted molar refractivity (Wildman–Crippen MR) is 103 cm³/mol. The van der Waals surface area contributed by atoms with E-state index in [0.717, 1.165) is 44.0 Å². The number of nitrogens with zero attached hydrogens (tertiary/aromatic N) is 2. The third-order valence-electron chi connectivity index (χ3n) is 4.73. The number of carbonyl (C=O) groups excluding carboxylic acids is 1. The van der Waals surface area contributed by atoms with Gasteiger partial charge in [0.05, 0.1) is 13.7 Å². The van der Waals surface area contributed by atoms with Gasteiger partial charge in [0, 0.05) is 39.3 Å². The summed E-state index contributed by atoms with van der Waals surface area (Å²) in [5.41, 5.74) is 2.42. The number of amides is 1. The molecule has 1 aliphatic rings. The van der Waals surface area contributed by atoms with Gasteiger partial charge in [0.1, 0.15) is 5.75 Å². The first-order chi connectivity index (χ1) is 12.7. The number of hydrogen-bond donors (Lipinski definition) is 1. The summed E-state index contributed by atoms with van der Waals surface area (Å²) in [4.78, 5) is 16.9. The number of piperazine rings is 1. The monoisotopic (exact) mass is 353 g/mol. The molecule has 5 heteroatoms. The number of carbonyl (C=O) groups is 1. The minimum atomic E-state index is 0.0809. The van der Waals surface area contributed by atoms with E-state index in [9.17, 15) is 4.79 Å². The Morgan fingerprint density at radius 1 is 0.923 bits per heavy atom. The molecule has 0 aromatic heterocycles. The van der Waals surface area contributed by atoms with E-state index in [4.69, 9.17) is 4.74 Å². The van der Waals surface area contributed by atoms with Gasteiger partial charge in [0.25, 0.3) is 0 Å². The van der Waals surface area contributed by atoms with Gasteiger partial charge in [-0.1, -0.05) is 42.5 Å². The summed E-state index contributed by atoms with van der Waals surface area (Å²) in [5, 5.41) is 3.00. The van der Waals surface area contributed by atoms with Crippen LogP contribution in [-0.4, -0.2) is 55.5 Å². The molecule has 0 radical (unpaired) electrons. The van der Waals surface area contributed by atoms with Crippen molar-refractivity contribution in [3.63, 3.8) is 0 Å². The zero-order chi connectivity index (χ0) is 18.2. The molecule has 1 fully saturated rings. The quantitative estimate of drug-likeness (QED) is 0.828. The van der Waals surface area contributed by atoms with Gasteiger partial charge in [0.15, 0.2) is 0 Å². The lowest BCUT2D eigenvalue weighted by Gasteiger charge is -2.34. The highest BCUT2D eigenvalue weighted by Gasteiger charge is 2.18. The molecule has 0 atom stereocenters. The molecule has 1 aliphatic heterocycles. The molecule has 138 valence electrons. The number of ether oxygens (including phenoxy) is 1. The van der Waals surface area contributed by atoms with Crippen LogP contribution in [0.15, 0.2) is 54.6 Å². The molecule has 26 heavy (non-hydrogen) atoms. The fraction of sp³-hybridized carbons (Fsp3) is 0.381. The zero-order valence-electron chi connectivity index (χ0n) is 15.4. The van der Waals surface area contributed by atoms with Crippen LogP contribution in [0.2, 0.25) is 0 Å². The summed E-state index contributed by atoms with van der Waals surface area (Å²) in [6, 6.07) is 18.3. The molecule has 1 saturated heterocycles. The Morgan fingerprint density at radius 2 is 1.58 bits per heavy atom. The Morgan fingerprint density at radius 3 is 2.23 bits per heavy atom. The number of hydrogen-bond acceptors (Lipinski definition) is 4. The molecular weight excluding hydrogens is 326 g/mol. The lowest BCUT2D eigenvalue weighted by molar-refractivity contribution is -0.122. The molecule has 2 aromatic carbocycles. The van der Waals surface area contributed by atoms with Crippen molar-refractivity contribution in [2.24, 2.45) is 0 Å². The highest BCUT2D eigenvalue weighted by molar-refractivity contribution is 5.78. The van der Waals surface area contributed by atoms with Gasteiger partial charge in [-0.05, 0) is 23.3 Å². The van der Waals surface area contributed by atoms with Gasteiger partial charge in [-0.2, -0.15) is 0 Å². The third-order valence-corrected chi connectivity index (χ3v) is 4.73. The second-order valence-corrected chi connectivity index (χ2v) is 6.66. The molecule has 0 spiro atoms. The molecule has 0 bridgehead atoms. The lowest BCUT2D eigenvalue weighted by atomic mass is 10.2. The highest BCUT2D eigenvalue weighted by Crippen LogP contribution is 2.11. The summed E-state index contributed by atoms with van der Waals surface area (Å²) < 4.78 is 5.14. The van der Waals surface area contributed by atoms with E-state index in [-0.39, 0.29) is 5.91 Å². The molecule has 1 amide bonds. The van der Waals surface area contributed by atoms with Crippen LogP contribution >= 0.6 is 0 Å². The Labute approximate surface area is 155 Å². The normalized spacial score (nSPS) is 15.6. The first-order valence-electron chi connectivity index (χ1n) is 9.11. The Bertz CT molecular complexity index is 680. The summed E-state index contributed by atoms with van der Waals surface area (Å²) in [6.45, 7) is 5.87. The summed E-state index contributed by atoms with van der Waals surface area (Å²) in [6.07, 6.45) is 0. The van der Waals surface area contributed by atoms with Gasteiger partial charge < -0.3 is 10.1 Å². The van der Waals surface area contributed by atoms with Gasteiger partial charge in [-0.25, -0.2) is 0 Å². The van der Waals surface area contributed by atoms with E-state index >= 15 is 0 Å². The molecule has 5 nitrogen and oxygen atoms in total. The standard InChI is InChI=1S/C21H27N3O2/c1-26-20-9-7-18(8-10-20)15-22-21(25)17-24-13-11-23(12-14-24)16-19-5-3-2-4-6-19/h2-10H,11-17H2,1H3,(H,22,25). The molecule has 0 saturated carbocycles. The van der Waals surface area contributed by atoms with Crippen molar-refractivity contribution < 1.29 is 9.53 Å². The van der Waals surface area contributed by atoms with E-state index in [1.807, 2.05) is 30.3 Å². The molecule has 0 unspecified atom stereocenters. The number of nitrogens with one attached hydrogen (secondary N) is 1. The maximum Gasteiger partial charge on any atom is 0.234 e. The van der Waals surface area contributed by atoms with E-state index < -0.39 is 0 Å². The second kappa shape index (κ2) is 9.36. The number of benzene rings is 2. The minimum Gasteiger partial charge on any atom is -0.497 e. The van der Waals surface area contributed by atoms with Crippen molar-refractivity contribution in [3.05, 3.63) is 65.7 Å². The molecule has 3 rings (SSSR count). The van der Waals surface area contributed by atoms with Crippen LogP contribution < -0.4 is 10.1 Å². The van der Waals surface area contributed by atoms with E-state index in [1.165, 1.54) is 5.56 Å². The van der Waals surface area contributed by atoms with Crippen molar-refractivity contribution in [1.29, 1.82) is 0 Å². The molecule has 1 heterocycles. The Kier molecular flexibility index (Phi) is 6.63. The summed E-state index contributed by atoms with van der Waals surface area (Å²) >= 11 is 0. The van der Waals surface area contributed by atoms with Crippen LogP contribution in [0, 0.1) is 0 Å². The van der Waals surface area contributed by atoms with Crippen molar-refractivity contribution in [1.82, 2.24) is 15.1 Å². The van der Waals surface area contributed by atoms with E-state index in [2.05, 4.69) is 39.4 Å². The van der Waals surface area contributed by atoms with Crippen molar-refractivity contribution >= 4 is 5.91 Å². The fourth-order valence-corrected chi connectivity index (χ4v) is 3.15. The average molecular weight is 353 g/mol. The van der Waals surface area contributed by atoms with Gasteiger partial charge >= 0.3 is 0 Å². The van der Waals surface area contributed by atoms with Crippen LogP contribution in [0.1, 0.15) is 11.1 Å². The smallest absolute Gasteiger partial charge is 0.234 e. The fourth-order valence-electron chi connectivity index (χ4n) is 3.15. The highest BCUT2D eigenvalue weighted by atomic mass is 16.5. The van der Waals surface area contributed by atoms with Crippen LogP contribution in [0.3, 0.4) is 0 Å². The third kappa shape index (κ3) is 5.58. The van der Waals surface area contributed by atoms with Crippen molar-refractivity contribution in [2.75, 3.05) is 39.8 Å². The Balaban J connectivity index is 1.36. The molecule has 2 aromatic rings. The van der Waals surface area contributed by atoms with Crippen LogP contribution in [-0.2, 0) is 17.9 Å². The number of rotatable bonds is 7. The molecule has 1 N–H and O–H groups in total. The topological polar surface area (TPSA) is 44.8 Å². The predicted octanol–water partition coefficient (Wildman–Crippen LogP) is 2.13. The maximum atomic E-state index is 12.2. The average Bonchev–Trinajstić information content (AvgIpc) is 2.69. The van der Waals surface area contributed by atoms with Gasteiger partial charge in [-0.15, -0.1) is 0 Å². The molecule has 0 aliphatic carbocycles. The van der Waals surface area contributed by atoms with Crippen molar-refractivity contribution in [3.8, 4) is 5.75 Å². The number of methoxy groups -OCH3 is 1. The summed E-state index contributed by atoms with van der Waals surface area (Å²) in [7, 11) is 1.65. The first-order valence-corrected chi connectivity index (χ1v) is 9.11. The second-order valence-electron chi connectivity index (χ2n) is 6.66. The summed E-state index contributed by atoms with van der Waals surface area (Å²) in [5.74, 6) is 0.908. The first kappa shape index (κ1) is 18.4. The van der Waals surface area contributed by atoms with Crippen molar-refractivity contribution in [2.45, 2.75) is 13.1 Å². The Hall–Kier alpha value is -2.37. The SMILES string of the molecule is COc1ccc(CNC(=O)CN2CCN(Cc3ccccc3)CC2)cc1. The van der Waals surface area contributed by atoms with Crippen LogP contribution in [0.5, 0.6) is 5.75 Å². The van der Waals surface area contributed by atoms with E-state index in [0.29, 0.717) is 13.1 Å². The maximum absolute atomic E-state index is 12.2. The van der Waals surface area contributed by atoms with Gasteiger partial charge in [-0.3, -0.25) is 14.6 Å². The lowest BCUT2D eigenvalue weighted by Crippen LogP contribution is -2.49. The van der Waals surface area contributed by atoms with Gasteiger partial charge in [0.2, 0.25) is 5.91 Å². The largest absolute Gasteiger partial charge is 0.497 e. The molecular formula is C21H27N3O2. The van der Waals surface area contributed by atoms with Crippen LogP contribution in [0.25, 0.3) is 0 Å². The van der Waals surface area contributed by atoms with Crippen LogP contribution in [0.4, 0.5) is 0 Å². The zero-order valence-corrected chi connectivity index (χ0v) is 15.4. The van der Waals surface area contributed by atoms with E-state index in [1.54, 1.807) is 7.11 Å². The minimum absolute atomic E-state index is 0.0809.